The quantitative estimate of drug-likeness (QED) is 0.490. The van der Waals surface area contributed by atoms with E-state index in [-0.39, 0.29) is 6.01 Å². The van der Waals surface area contributed by atoms with Crippen molar-refractivity contribution in [2.75, 3.05) is 0 Å². The molecule has 0 fully saturated rings. The van der Waals surface area contributed by atoms with E-state index >= 15 is 0 Å². The monoisotopic (exact) mass is 139 g/mol. The fraction of sp³-hybridized carbons (Fsp3) is 0. The minimum Gasteiger partial charge on any atom is -0.382 e. The molecular weight excluding hydrogens is 136 g/mol. The summed E-state index contributed by atoms with van der Waals surface area (Å²) in [6.07, 6.45) is 4.25. The van der Waals surface area contributed by atoms with Crippen LogP contribution in [0, 0.1) is 0 Å². The van der Waals surface area contributed by atoms with Gasteiger partial charge in [0.15, 0.2) is 12.4 Å². The summed E-state index contributed by atoms with van der Waals surface area (Å²) in [5.41, 5.74) is 0. The van der Waals surface area contributed by atoms with Crippen LogP contribution in [0.15, 0.2) is 27.8 Å². The van der Waals surface area contributed by atoms with Gasteiger partial charge in [-0.2, -0.15) is 0 Å². The van der Waals surface area contributed by atoms with Gasteiger partial charge in [0.1, 0.15) is 0 Å². The number of hydrogen-bond donors (Lipinski definition) is 0. The van der Waals surface area contributed by atoms with Gasteiger partial charge in [0, 0.05) is 0 Å². The van der Waals surface area contributed by atoms with E-state index in [0.717, 1.165) is 0 Å². The predicted octanol–water partition coefficient (Wildman–Crippen LogP) is -0.666. The highest BCUT2D eigenvalue weighted by Crippen LogP contribution is 1.87. The smallest absolute Gasteiger partial charge is 0.382 e. The highest BCUT2D eigenvalue weighted by atomic mass is 16.6. The first-order chi connectivity index (χ1) is 4.97. The Labute approximate surface area is 55.0 Å². The van der Waals surface area contributed by atoms with E-state index in [4.69, 9.17) is 4.42 Å². The van der Waals surface area contributed by atoms with Crippen molar-refractivity contribution in [1.82, 2.24) is 15.4 Å². The Morgan fingerprint density at radius 3 is 3.10 bits per heavy atom. The standard InChI is InChI=1S/C4H3N4O2/c1-2-8(10-6-1)4-7-5-3-9-4/h1-3H/q+1. The molecule has 0 aliphatic rings. The fourth-order valence-corrected chi connectivity index (χ4v) is 0.555. The van der Waals surface area contributed by atoms with Gasteiger partial charge < -0.3 is 4.42 Å². The fourth-order valence-electron chi connectivity index (χ4n) is 0.555. The second-order valence-electron chi connectivity index (χ2n) is 1.53. The average Bonchev–Trinajstić information content (AvgIpc) is 2.59. The van der Waals surface area contributed by atoms with Crippen LogP contribution in [-0.4, -0.2) is 15.4 Å². The highest BCUT2D eigenvalue weighted by Gasteiger charge is 2.11. The van der Waals surface area contributed by atoms with Crippen molar-refractivity contribution < 1.29 is 13.8 Å². The first-order valence-electron chi connectivity index (χ1n) is 2.56. The van der Waals surface area contributed by atoms with Crippen LogP contribution in [0.4, 0.5) is 0 Å². The van der Waals surface area contributed by atoms with Gasteiger partial charge in [-0.15, -0.1) is 4.63 Å². The summed E-state index contributed by atoms with van der Waals surface area (Å²) < 4.78 is 10.7. The topological polar surface area (TPSA) is 68.8 Å². The third kappa shape index (κ3) is 0.661. The molecule has 10 heavy (non-hydrogen) atoms. The number of nitrogens with zero attached hydrogens (tertiary/aromatic N) is 4. The molecule has 6 heteroatoms. The summed E-state index contributed by atoms with van der Waals surface area (Å²) in [5.74, 6) is 0. The highest BCUT2D eigenvalue weighted by molar-refractivity contribution is 4.74. The summed E-state index contributed by atoms with van der Waals surface area (Å²) in [6, 6.07) is 0.262. The van der Waals surface area contributed by atoms with Crippen LogP contribution in [0.5, 0.6) is 0 Å². The number of hydrogen-bond acceptors (Lipinski definition) is 5. The summed E-state index contributed by atoms with van der Waals surface area (Å²) in [7, 11) is 0. The molecular formula is C4H3N4O2+. The molecule has 0 spiro atoms. The van der Waals surface area contributed by atoms with Gasteiger partial charge >= 0.3 is 6.01 Å². The molecule has 6 nitrogen and oxygen atoms in total. The molecule has 0 aliphatic heterocycles. The molecule has 0 amide bonds. The van der Waals surface area contributed by atoms with Crippen molar-refractivity contribution in [1.29, 1.82) is 0 Å². The lowest BCUT2D eigenvalue weighted by Gasteiger charge is -1.74. The second-order valence-corrected chi connectivity index (χ2v) is 1.53. The lowest BCUT2D eigenvalue weighted by Crippen LogP contribution is -2.27. The summed E-state index contributed by atoms with van der Waals surface area (Å²) in [4.78, 5) is 0. The average molecular weight is 139 g/mol. The van der Waals surface area contributed by atoms with E-state index in [1.54, 1.807) is 6.20 Å². The van der Waals surface area contributed by atoms with E-state index in [2.05, 4.69) is 20.0 Å². The molecule has 2 aromatic rings. The van der Waals surface area contributed by atoms with Gasteiger partial charge in [0.25, 0.3) is 0 Å². The van der Waals surface area contributed by atoms with E-state index in [1.807, 2.05) is 0 Å². The molecule has 2 heterocycles. The summed E-state index contributed by atoms with van der Waals surface area (Å²) in [5, 5.41) is 10.5. The molecule has 2 rings (SSSR count). The molecule has 0 saturated carbocycles. The van der Waals surface area contributed by atoms with Crippen LogP contribution < -0.4 is 4.74 Å². The first-order valence-corrected chi connectivity index (χ1v) is 2.56. The van der Waals surface area contributed by atoms with E-state index in [9.17, 15) is 0 Å². The number of aromatic nitrogens is 4. The molecule has 0 aliphatic carbocycles. The first kappa shape index (κ1) is 5.10. The normalized spacial score (nSPS) is 10.0. The van der Waals surface area contributed by atoms with Crippen molar-refractivity contribution in [3.8, 4) is 6.01 Å². The maximum Gasteiger partial charge on any atom is 0.502 e. The van der Waals surface area contributed by atoms with Crippen molar-refractivity contribution in [2.45, 2.75) is 0 Å². The van der Waals surface area contributed by atoms with E-state index in [1.165, 1.54) is 17.3 Å². The van der Waals surface area contributed by atoms with Gasteiger partial charge in [0.2, 0.25) is 6.39 Å². The van der Waals surface area contributed by atoms with Gasteiger partial charge in [-0.3, -0.25) is 0 Å². The Morgan fingerprint density at radius 1 is 1.50 bits per heavy atom. The van der Waals surface area contributed by atoms with Gasteiger partial charge in [-0.25, -0.2) is 0 Å². The molecule has 0 N–H and O–H groups in total. The van der Waals surface area contributed by atoms with Crippen LogP contribution in [0.1, 0.15) is 0 Å². The second kappa shape index (κ2) is 1.90. The zero-order valence-electron chi connectivity index (χ0n) is 4.84. The van der Waals surface area contributed by atoms with Gasteiger partial charge in [-0.1, -0.05) is 0 Å². The van der Waals surface area contributed by atoms with Gasteiger partial charge in [-0.05, 0) is 9.84 Å². The Bertz CT molecular complexity index is 255. The molecule has 0 bridgehead atoms. The molecule has 0 unspecified atom stereocenters. The lowest BCUT2D eigenvalue weighted by atomic mass is 10.9. The zero-order chi connectivity index (χ0) is 6.81. The SMILES string of the molecule is c1c[n+](-c2nnco2)on1. The van der Waals surface area contributed by atoms with Crippen molar-refractivity contribution >= 4 is 0 Å². The molecule has 0 aromatic carbocycles. The van der Waals surface area contributed by atoms with Crippen molar-refractivity contribution in [3.05, 3.63) is 18.8 Å². The van der Waals surface area contributed by atoms with E-state index in [0.29, 0.717) is 0 Å². The minimum absolute atomic E-state index is 0.262. The maximum absolute atomic E-state index is 4.78. The van der Waals surface area contributed by atoms with Gasteiger partial charge in [0.05, 0.1) is 10.3 Å². The van der Waals surface area contributed by atoms with E-state index < -0.39 is 0 Å². The third-order valence-corrected chi connectivity index (χ3v) is 0.935. The predicted molar refractivity (Wildman–Crippen MR) is 25.9 cm³/mol. The number of rotatable bonds is 1. The Kier molecular flexibility index (Phi) is 0.970. The van der Waals surface area contributed by atoms with Crippen LogP contribution >= 0.6 is 0 Å². The van der Waals surface area contributed by atoms with Crippen LogP contribution in [0.25, 0.3) is 6.01 Å². The van der Waals surface area contributed by atoms with Crippen molar-refractivity contribution in [3.63, 3.8) is 0 Å². The summed E-state index contributed by atoms with van der Waals surface area (Å²) >= 11 is 0. The Balaban J connectivity index is 2.48. The van der Waals surface area contributed by atoms with Crippen LogP contribution in [-0.2, 0) is 0 Å². The van der Waals surface area contributed by atoms with Crippen molar-refractivity contribution in [2.24, 2.45) is 0 Å². The lowest BCUT2D eigenvalue weighted by molar-refractivity contribution is -0.805. The largest absolute Gasteiger partial charge is 0.502 e. The van der Waals surface area contributed by atoms with Crippen LogP contribution in [0.2, 0.25) is 0 Å². The molecule has 2 aromatic heterocycles. The summed E-state index contributed by atoms with van der Waals surface area (Å²) in [6.45, 7) is 0. The molecule has 0 radical (unpaired) electrons. The molecule has 0 atom stereocenters. The third-order valence-electron chi connectivity index (χ3n) is 0.935. The minimum atomic E-state index is 0.262. The maximum atomic E-state index is 4.78. The molecule has 0 saturated heterocycles. The Morgan fingerprint density at radius 2 is 2.50 bits per heavy atom. The zero-order valence-corrected chi connectivity index (χ0v) is 4.84. The molecule has 50 valence electrons. The Hall–Kier alpha value is -1.72. The van der Waals surface area contributed by atoms with Crippen LogP contribution in [0.3, 0.4) is 0 Å².